The predicted molar refractivity (Wildman–Crippen MR) is 125 cm³/mol. The smallest absolute Gasteiger partial charge is 0.338 e. The number of hydrogen-bond acceptors (Lipinski definition) is 6. The minimum absolute atomic E-state index is 0.187. The van der Waals surface area contributed by atoms with Gasteiger partial charge >= 0.3 is 5.97 Å². The second kappa shape index (κ2) is 9.74. The van der Waals surface area contributed by atoms with Gasteiger partial charge in [0.15, 0.2) is 6.61 Å². The Morgan fingerprint density at radius 1 is 0.912 bits per heavy atom. The molecule has 0 saturated carbocycles. The minimum Gasteiger partial charge on any atom is -0.497 e. The molecule has 1 aliphatic heterocycles. The van der Waals surface area contributed by atoms with Crippen LogP contribution in [0, 0.1) is 0 Å². The fraction of sp³-hybridized carbons (Fsp3) is 0.231. The van der Waals surface area contributed by atoms with Crippen LogP contribution < -0.4 is 9.64 Å². The number of nitrogens with zero attached hydrogens (tertiary/aromatic N) is 2. The molecule has 0 atom stereocenters. The Labute approximate surface area is 196 Å². The second-order valence-electron chi connectivity index (χ2n) is 8.04. The summed E-state index contributed by atoms with van der Waals surface area (Å²) in [6.45, 7) is -0.0318. The number of hydrogen-bond donors (Lipinski definition) is 0. The zero-order chi connectivity index (χ0) is 24.2. The maximum atomic E-state index is 12.5. The summed E-state index contributed by atoms with van der Waals surface area (Å²) >= 11 is 0. The van der Waals surface area contributed by atoms with Gasteiger partial charge in [-0.3, -0.25) is 19.3 Å². The van der Waals surface area contributed by atoms with Crippen molar-refractivity contribution in [3.8, 4) is 5.75 Å². The summed E-state index contributed by atoms with van der Waals surface area (Å²) in [6.07, 6.45) is 0.373. The Morgan fingerprint density at radius 2 is 1.56 bits per heavy atom. The van der Waals surface area contributed by atoms with Gasteiger partial charge in [0.05, 0.1) is 18.4 Å². The molecule has 8 heteroatoms. The van der Waals surface area contributed by atoms with Gasteiger partial charge in [0.2, 0.25) is 11.8 Å². The molecule has 0 aliphatic carbocycles. The highest BCUT2D eigenvalue weighted by Gasteiger charge is 2.30. The van der Waals surface area contributed by atoms with Crippen LogP contribution in [0.3, 0.4) is 0 Å². The van der Waals surface area contributed by atoms with E-state index in [1.54, 1.807) is 14.2 Å². The summed E-state index contributed by atoms with van der Waals surface area (Å²) in [7, 11) is 3.27. The van der Waals surface area contributed by atoms with Crippen LogP contribution in [-0.2, 0) is 25.7 Å². The molecule has 3 aromatic rings. The average molecular weight is 460 g/mol. The molecule has 174 valence electrons. The number of carbonyl (C=O) groups is 4. The highest BCUT2D eigenvalue weighted by molar-refractivity contribution is 6.19. The Bertz CT molecular complexity index is 1250. The van der Waals surface area contributed by atoms with E-state index >= 15 is 0 Å². The quantitative estimate of drug-likeness (QED) is 0.397. The summed E-state index contributed by atoms with van der Waals surface area (Å²) in [5.74, 6) is -0.748. The van der Waals surface area contributed by atoms with Crippen molar-refractivity contribution >= 4 is 40.2 Å². The number of anilines is 1. The fourth-order valence-corrected chi connectivity index (χ4v) is 3.79. The molecule has 0 spiro atoms. The summed E-state index contributed by atoms with van der Waals surface area (Å²) < 4.78 is 10.4. The lowest BCUT2D eigenvalue weighted by Crippen LogP contribution is -2.31. The third kappa shape index (κ3) is 4.91. The first kappa shape index (κ1) is 23.0. The standard InChI is InChI=1S/C26H24N2O6/c1-27(15-17-3-4-20-14-22(33-2)10-7-19(20)13-17)25(31)16-34-26(32)18-5-8-21(9-6-18)28-23(29)11-12-24(28)30/h3-10,13-14H,11-12,15-16H2,1-2H3. The van der Waals surface area contributed by atoms with Crippen LogP contribution in [0.1, 0.15) is 28.8 Å². The van der Waals surface area contributed by atoms with Crippen LogP contribution in [0.15, 0.2) is 60.7 Å². The summed E-state index contributed by atoms with van der Waals surface area (Å²) in [5.41, 5.74) is 1.58. The molecule has 0 bridgehead atoms. The van der Waals surface area contributed by atoms with Crippen molar-refractivity contribution in [2.45, 2.75) is 19.4 Å². The molecule has 1 heterocycles. The lowest BCUT2D eigenvalue weighted by atomic mass is 10.1. The molecule has 34 heavy (non-hydrogen) atoms. The topological polar surface area (TPSA) is 93.2 Å². The van der Waals surface area contributed by atoms with E-state index in [0.717, 1.165) is 27.0 Å². The largest absolute Gasteiger partial charge is 0.497 e. The number of methoxy groups -OCH3 is 1. The molecule has 3 amide bonds. The number of likely N-dealkylation sites (N-methyl/N-ethyl adjacent to an activating group) is 1. The van der Waals surface area contributed by atoms with Crippen molar-refractivity contribution in [1.29, 1.82) is 0 Å². The Morgan fingerprint density at radius 3 is 2.24 bits per heavy atom. The van der Waals surface area contributed by atoms with E-state index in [1.165, 1.54) is 29.2 Å². The molecule has 0 aromatic heterocycles. The van der Waals surface area contributed by atoms with Crippen LogP contribution >= 0.6 is 0 Å². The zero-order valence-electron chi connectivity index (χ0n) is 18.9. The Hall–Kier alpha value is -4.20. The number of fused-ring (bicyclic) bond motifs is 1. The molecule has 4 rings (SSSR count). The van der Waals surface area contributed by atoms with E-state index in [1.807, 2.05) is 36.4 Å². The molecule has 0 unspecified atom stereocenters. The maximum absolute atomic E-state index is 12.5. The van der Waals surface area contributed by atoms with E-state index in [0.29, 0.717) is 12.2 Å². The van der Waals surface area contributed by atoms with Crippen LogP contribution in [0.5, 0.6) is 5.75 Å². The minimum atomic E-state index is -0.660. The van der Waals surface area contributed by atoms with Crippen LogP contribution in [0.25, 0.3) is 10.8 Å². The SMILES string of the molecule is COc1ccc2cc(CN(C)C(=O)COC(=O)c3ccc(N4C(=O)CCC4=O)cc3)ccc2c1. The van der Waals surface area contributed by atoms with E-state index in [9.17, 15) is 19.2 Å². The number of carbonyl (C=O) groups excluding carboxylic acids is 4. The molecular formula is C26H24N2O6. The third-order valence-corrected chi connectivity index (χ3v) is 5.70. The Balaban J connectivity index is 1.32. The highest BCUT2D eigenvalue weighted by atomic mass is 16.5. The molecular weight excluding hydrogens is 436 g/mol. The zero-order valence-corrected chi connectivity index (χ0v) is 18.9. The number of benzene rings is 3. The van der Waals surface area contributed by atoms with Crippen molar-refractivity contribution in [2.24, 2.45) is 0 Å². The van der Waals surface area contributed by atoms with Crippen LogP contribution in [0.2, 0.25) is 0 Å². The summed E-state index contributed by atoms with van der Waals surface area (Å²) in [4.78, 5) is 51.1. The predicted octanol–water partition coefficient (Wildman–Crippen LogP) is 3.32. The lowest BCUT2D eigenvalue weighted by molar-refractivity contribution is -0.133. The molecule has 0 radical (unpaired) electrons. The first-order chi connectivity index (χ1) is 16.4. The fourth-order valence-electron chi connectivity index (χ4n) is 3.79. The average Bonchev–Trinajstić information content (AvgIpc) is 3.19. The van der Waals surface area contributed by atoms with Gasteiger partial charge in [-0.2, -0.15) is 0 Å². The van der Waals surface area contributed by atoms with Gasteiger partial charge in [-0.25, -0.2) is 4.79 Å². The molecule has 3 aromatic carbocycles. The van der Waals surface area contributed by atoms with Crippen LogP contribution in [0.4, 0.5) is 5.69 Å². The summed E-state index contributed by atoms with van der Waals surface area (Å²) in [5, 5.41) is 2.07. The number of esters is 1. The first-order valence-electron chi connectivity index (χ1n) is 10.8. The molecule has 0 N–H and O–H groups in total. The number of imide groups is 1. The number of rotatable bonds is 7. The van der Waals surface area contributed by atoms with Gasteiger partial charge in [0, 0.05) is 26.4 Å². The lowest BCUT2D eigenvalue weighted by Gasteiger charge is -2.18. The van der Waals surface area contributed by atoms with Gasteiger partial charge < -0.3 is 14.4 Å². The normalized spacial score (nSPS) is 13.3. The molecule has 1 saturated heterocycles. The van der Waals surface area contributed by atoms with Gasteiger partial charge in [0.1, 0.15) is 5.75 Å². The Kier molecular flexibility index (Phi) is 6.58. The van der Waals surface area contributed by atoms with E-state index in [4.69, 9.17) is 9.47 Å². The summed E-state index contributed by atoms with van der Waals surface area (Å²) in [6, 6.07) is 17.7. The van der Waals surface area contributed by atoms with Gasteiger partial charge in [-0.05, 0) is 58.8 Å². The maximum Gasteiger partial charge on any atom is 0.338 e. The van der Waals surface area contributed by atoms with E-state index in [2.05, 4.69) is 0 Å². The number of ether oxygens (including phenoxy) is 2. The van der Waals surface area contributed by atoms with Crippen molar-refractivity contribution in [3.63, 3.8) is 0 Å². The second-order valence-corrected chi connectivity index (χ2v) is 8.04. The van der Waals surface area contributed by atoms with Crippen molar-refractivity contribution in [3.05, 3.63) is 71.8 Å². The third-order valence-electron chi connectivity index (χ3n) is 5.70. The van der Waals surface area contributed by atoms with E-state index in [-0.39, 0.29) is 36.1 Å². The van der Waals surface area contributed by atoms with Crippen molar-refractivity contribution in [2.75, 3.05) is 25.7 Å². The highest BCUT2D eigenvalue weighted by Crippen LogP contribution is 2.24. The monoisotopic (exact) mass is 460 g/mol. The van der Waals surface area contributed by atoms with E-state index < -0.39 is 12.6 Å². The van der Waals surface area contributed by atoms with Gasteiger partial charge in [0.25, 0.3) is 5.91 Å². The molecule has 1 aliphatic rings. The molecule has 1 fully saturated rings. The molecule has 8 nitrogen and oxygen atoms in total. The van der Waals surface area contributed by atoms with Crippen molar-refractivity contribution in [1.82, 2.24) is 4.90 Å². The van der Waals surface area contributed by atoms with Gasteiger partial charge in [-0.1, -0.05) is 18.2 Å². The number of amides is 3. The van der Waals surface area contributed by atoms with Crippen LogP contribution in [-0.4, -0.2) is 49.4 Å². The van der Waals surface area contributed by atoms with Crippen molar-refractivity contribution < 1.29 is 28.7 Å². The van der Waals surface area contributed by atoms with Gasteiger partial charge in [-0.15, -0.1) is 0 Å². The first-order valence-corrected chi connectivity index (χ1v) is 10.8.